The lowest BCUT2D eigenvalue weighted by molar-refractivity contribution is -0.139. The van der Waals surface area contributed by atoms with Gasteiger partial charge >= 0.3 is 0 Å². The van der Waals surface area contributed by atoms with Crippen LogP contribution in [-0.4, -0.2) is 48.8 Å². The molecule has 4 heteroatoms. The van der Waals surface area contributed by atoms with Crippen molar-refractivity contribution in [3.8, 4) is 0 Å². The van der Waals surface area contributed by atoms with Gasteiger partial charge in [0.15, 0.2) is 0 Å². The molecule has 0 atom stereocenters. The fourth-order valence-corrected chi connectivity index (χ4v) is 2.93. The van der Waals surface area contributed by atoms with Crippen molar-refractivity contribution in [3.63, 3.8) is 0 Å². The molecule has 148 valence electrons. The molecule has 0 aromatic carbocycles. The molecule has 2 amide bonds. The maximum absolute atomic E-state index is 12.5. The molecule has 0 bridgehead atoms. The van der Waals surface area contributed by atoms with Crippen molar-refractivity contribution in [1.29, 1.82) is 0 Å². The van der Waals surface area contributed by atoms with E-state index < -0.39 is 0 Å². The second kappa shape index (κ2) is 16.4. The minimum atomic E-state index is -0.0964. The highest BCUT2D eigenvalue weighted by Gasteiger charge is 2.17. The van der Waals surface area contributed by atoms with E-state index in [1.165, 1.54) is 69.1 Å². The van der Waals surface area contributed by atoms with Gasteiger partial charge in [0.25, 0.3) is 0 Å². The normalized spacial score (nSPS) is 10.7. The average Bonchev–Trinajstić information content (AvgIpc) is 2.58. The number of nitrogens with zero attached hydrogens (tertiary/aromatic N) is 2. The van der Waals surface area contributed by atoms with Crippen LogP contribution < -0.4 is 0 Å². The Hall–Kier alpha value is -1.06. The van der Waals surface area contributed by atoms with Gasteiger partial charge in [0.1, 0.15) is 6.42 Å². The maximum atomic E-state index is 12.5. The van der Waals surface area contributed by atoms with Crippen LogP contribution in [0.2, 0.25) is 0 Å². The van der Waals surface area contributed by atoms with Gasteiger partial charge in [-0.05, 0) is 12.8 Å². The third-order valence-electron chi connectivity index (χ3n) is 4.72. The predicted octanol–water partition coefficient (Wildman–Crippen LogP) is 5.01. The summed E-state index contributed by atoms with van der Waals surface area (Å²) in [6.07, 6.45) is 14.7. The van der Waals surface area contributed by atoms with Gasteiger partial charge in [-0.2, -0.15) is 0 Å². The highest BCUT2D eigenvalue weighted by molar-refractivity contribution is 5.96. The number of carbonyl (C=O) groups is 2. The first kappa shape index (κ1) is 23.9. The number of amides is 2. The standard InChI is InChI=1S/C21H42N2O2/c1-5-7-9-11-13-15-17-23(18-16-14-12-10-8-6-2)21(25)19-20(24)22(3)4/h5-19H2,1-4H3. The molecule has 0 saturated heterocycles. The summed E-state index contributed by atoms with van der Waals surface area (Å²) >= 11 is 0. The van der Waals surface area contributed by atoms with E-state index in [0.29, 0.717) is 0 Å². The summed E-state index contributed by atoms with van der Waals surface area (Å²) in [5.74, 6) is -0.0956. The van der Waals surface area contributed by atoms with Crippen molar-refractivity contribution in [1.82, 2.24) is 9.80 Å². The molecule has 0 fully saturated rings. The number of hydrogen-bond donors (Lipinski definition) is 0. The summed E-state index contributed by atoms with van der Waals surface area (Å²) in [6, 6.07) is 0. The van der Waals surface area contributed by atoms with Gasteiger partial charge in [0, 0.05) is 27.2 Å². The van der Waals surface area contributed by atoms with E-state index >= 15 is 0 Å². The lowest BCUT2D eigenvalue weighted by Gasteiger charge is -2.23. The third-order valence-corrected chi connectivity index (χ3v) is 4.72. The number of unbranched alkanes of at least 4 members (excludes halogenated alkanes) is 10. The van der Waals surface area contributed by atoms with Crippen LogP contribution in [0, 0.1) is 0 Å². The zero-order valence-corrected chi connectivity index (χ0v) is 17.3. The van der Waals surface area contributed by atoms with E-state index in [4.69, 9.17) is 0 Å². The Bertz CT molecular complexity index is 327. The van der Waals surface area contributed by atoms with E-state index in [1.807, 2.05) is 4.90 Å². The predicted molar refractivity (Wildman–Crippen MR) is 107 cm³/mol. The van der Waals surface area contributed by atoms with Gasteiger partial charge in [-0.3, -0.25) is 9.59 Å². The molecule has 0 radical (unpaired) electrons. The smallest absolute Gasteiger partial charge is 0.232 e. The van der Waals surface area contributed by atoms with Gasteiger partial charge in [-0.1, -0.05) is 78.1 Å². The highest BCUT2D eigenvalue weighted by atomic mass is 16.2. The second-order valence-electron chi connectivity index (χ2n) is 7.38. The van der Waals surface area contributed by atoms with Crippen molar-refractivity contribution in [2.45, 2.75) is 97.3 Å². The quantitative estimate of drug-likeness (QED) is 0.289. The van der Waals surface area contributed by atoms with E-state index in [2.05, 4.69) is 13.8 Å². The Morgan fingerprint density at radius 1 is 0.600 bits per heavy atom. The number of carbonyl (C=O) groups excluding carboxylic acids is 2. The van der Waals surface area contributed by atoms with Gasteiger partial charge in [-0.15, -0.1) is 0 Å². The first-order valence-corrected chi connectivity index (χ1v) is 10.5. The summed E-state index contributed by atoms with van der Waals surface area (Å²) < 4.78 is 0. The molecule has 0 aliphatic rings. The minimum absolute atomic E-state index is 0.000756. The molecule has 0 aromatic rings. The van der Waals surface area contributed by atoms with Crippen LogP contribution in [0.15, 0.2) is 0 Å². The summed E-state index contributed by atoms with van der Waals surface area (Å²) in [4.78, 5) is 27.7. The average molecular weight is 355 g/mol. The van der Waals surface area contributed by atoms with Crippen LogP contribution in [0.3, 0.4) is 0 Å². The van der Waals surface area contributed by atoms with Crippen LogP contribution in [0.1, 0.15) is 97.3 Å². The Morgan fingerprint density at radius 2 is 1.00 bits per heavy atom. The molecule has 0 N–H and O–H groups in total. The van der Waals surface area contributed by atoms with Crippen LogP contribution in [0.4, 0.5) is 0 Å². The van der Waals surface area contributed by atoms with Crippen LogP contribution in [0.5, 0.6) is 0 Å². The third kappa shape index (κ3) is 13.9. The molecule has 0 unspecified atom stereocenters. The van der Waals surface area contributed by atoms with Crippen molar-refractivity contribution >= 4 is 11.8 Å². The summed E-state index contributed by atoms with van der Waals surface area (Å²) in [5, 5.41) is 0. The minimum Gasteiger partial charge on any atom is -0.348 e. The Kier molecular flexibility index (Phi) is 15.7. The summed E-state index contributed by atoms with van der Waals surface area (Å²) in [6.45, 7) is 6.06. The van der Waals surface area contributed by atoms with Gasteiger partial charge in [0.05, 0.1) is 0 Å². The van der Waals surface area contributed by atoms with Crippen LogP contribution in [-0.2, 0) is 9.59 Å². The Morgan fingerprint density at radius 3 is 1.40 bits per heavy atom. The molecule has 4 nitrogen and oxygen atoms in total. The molecule has 0 aromatic heterocycles. The first-order chi connectivity index (χ1) is 12.0. The van der Waals surface area contributed by atoms with E-state index in [-0.39, 0.29) is 18.2 Å². The number of rotatable bonds is 16. The van der Waals surface area contributed by atoms with Gasteiger partial charge < -0.3 is 9.80 Å². The van der Waals surface area contributed by atoms with E-state index in [9.17, 15) is 9.59 Å². The topological polar surface area (TPSA) is 40.6 Å². The Labute approximate surface area is 156 Å². The molecular formula is C21H42N2O2. The zero-order valence-electron chi connectivity index (χ0n) is 17.3. The molecule has 0 aliphatic carbocycles. The molecule has 0 saturated carbocycles. The Balaban J connectivity index is 4.20. The zero-order chi connectivity index (χ0) is 18.9. The first-order valence-electron chi connectivity index (χ1n) is 10.5. The fourth-order valence-electron chi connectivity index (χ4n) is 2.93. The highest BCUT2D eigenvalue weighted by Crippen LogP contribution is 2.10. The second-order valence-corrected chi connectivity index (χ2v) is 7.38. The van der Waals surface area contributed by atoms with Gasteiger partial charge in [0.2, 0.25) is 11.8 Å². The molecule has 25 heavy (non-hydrogen) atoms. The molecule has 0 heterocycles. The van der Waals surface area contributed by atoms with Crippen molar-refractivity contribution in [2.24, 2.45) is 0 Å². The lowest BCUT2D eigenvalue weighted by Crippen LogP contribution is -2.36. The van der Waals surface area contributed by atoms with Crippen molar-refractivity contribution in [2.75, 3.05) is 27.2 Å². The SMILES string of the molecule is CCCCCCCCN(CCCCCCCC)C(=O)CC(=O)N(C)C. The van der Waals surface area contributed by atoms with E-state index in [1.54, 1.807) is 14.1 Å². The van der Waals surface area contributed by atoms with Crippen molar-refractivity contribution < 1.29 is 9.59 Å². The monoisotopic (exact) mass is 354 g/mol. The molecular weight excluding hydrogens is 312 g/mol. The fraction of sp³-hybridized carbons (Fsp3) is 0.905. The summed E-state index contributed by atoms with van der Waals surface area (Å²) in [7, 11) is 3.42. The largest absolute Gasteiger partial charge is 0.348 e. The molecule has 0 rings (SSSR count). The van der Waals surface area contributed by atoms with Crippen LogP contribution >= 0.6 is 0 Å². The van der Waals surface area contributed by atoms with E-state index in [0.717, 1.165) is 25.9 Å². The molecule has 0 spiro atoms. The lowest BCUT2D eigenvalue weighted by atomic mass is 10.1. The summed E-state index contributed by atoms with van der Waals surface area (Å²) in [5.41, 5.74) is 0. The van der Waals surface area contributed by atoms with Crippen LogP contribution in [0.25, 0.3) is 0 Å². The number of hydrogen-bond acceptors (Lipinski definition) is 2. The maximum Gasteiger partial charge on any atom is 0.232 e. The molecule has 0 aliphatic heterocycles. The van der Waals surface area contributed by atoms with Gasteiger partial charge in [-0.25, -0.2) is 0 Å². The van der Waals surface area contributed by atoms with Crippen molar-refractivity contribution in [3.05, 3.63) is 0 Å².